The van der Waals surface area contributed by atoms with Crippen LogP contribution in [0.15, 0.2) is 48.8 Å². The number of hydrogen-bond donors (Lipinski definition) is 2. The number of esters is 1. The number of aliphatic hydroxyl groups is 1. The third-order valence-electron chi connectivity index (χ3n) is 7.34. The van der Waals surface area contributed by atoms with Crippen LogP contribution in [0, 0.1) is 6.92 Å². The van der Waals surface area contributed by atoms with Gasteiger partial charge in [0.05, 0.1) is 19.0 Å². The average Bonchev–Trinajstić information content (AvgIpc) is 3.48. The van der Waals surface area contributed by atoms with Gasteiger partial charge in [0.1, 0.15) is 29.8 Å². The first-order chi connectivity index (χ1) is 21.2. The Hall–Kier alpha value is -3.26. The highest BCUT2D eigenvalue weighted by Gasteiger charge is 2.56. The van der Waals surface area contributed by atoms with Crippen LogP contribution in [0.5, 0.6) is 5.75 Å². The standard InChI is InChI=1S/C30H38FN6O6PS/c1-17(2)41-28(39)18(3)35-44(45,43-22-14-10-12-20-11-8-9-13-21(20)22)40-15-23-25(38)30(5,31)29(42-23)37-16-32-24-26(36(6)7)33-19(4)34-27(24)37/h8-14,16-18,23,25,29,38H,15H2,1-7H3,(H,35,45)/t18-,23+,25+,29+,30+,44-/m0/s1. The molecular formula is C30H38FN6O6PS. The quantitative estimate of drug-likeness (QED) is 0.172. The van der Waals surface area contributed by atoms with E-state index in [2.05, 4.69) is 20.0 Å². The van der Waals surface area contributed by atoms with Gasteiger partial charge in [0.25, 0.3) is 0 Å². The van der Waals surface area contributed by atoms with Crippen molar-refractivity contribution in [1.82, 2.24) is 24.6 Å². The first-order valence-corrected chi connectivity index (χ1v) is 17.1. The minimum absolute atomic E-state index is 0.345. The number of ether oxygens (including phenoxy) is 2. The third-order valence-corrected chi connectivity index (χ3v) is 9.83. The van der Waals surface area contributed by atoms with Gasteiger partial charge in [-0.25, -0.2) is 24.4 Å². The van der Waals surface area contributed by atoms with Crippen molar-refractivity contribution in [1.29, 1.82) is 0 Å². The molecule has 2 N–H and O–H groups in total. The van der Waals surface area contributed by atoms with E-state index in [4.69, 9.17) is 30.3 Å². The zero-order valence-corrected chi connectivity index (χ0v) is 27.9. The number of hydrogen-bond acceptors (Lipinski definition) is 11. The average molecular weight is 661 g/mol. The molecule has 5 rings (SSSR count). The molecule has 2 aromatic carbocycles. The van der Waals surface area contributed by atoms with Gasteiger partial charge in [-0.15, -0.1) is 0 Å². The van der Waals surface area contributed by atoms with Crippen LogP contribution in [0.2, 0.25) is 0 Å². The van der Waals surface area contributed by atoms with Crippen LogP contribution in [-0.2, 0) is 30.6 Å². The smallest absolute Gasteiger partial charge is 0.323 e. The van der Waals surface area contributed by atoms with Gasteiger partial charge in [-0.2, -0.15) is 0 Å². The second kappa shape index (κ2) is 12.9. The van der Waals surface area contributed by atoms with Gasteiger partial charge in [-0.3, -0.25) is 9.36 Å². The SMILES string of the molecule is Cc1nc(N(C)C)c2ncn([C@@H]3O[C@H](CO[P@@](=S)(N[C@@H](C)C(=O)OC(C)C)Oc4cccc5ccccc45)[C@@H](O)[C@@]3(C)F)c2n1. The van der Waals surface area contributed by atoms with Crippen LogP contribution in [0.3, 0.4) is 0 Å². The van der Waals surface area contributed by atoms with E-state index in [9.17, 15) is 9.90 Å². The van der Waals surface area contributed by atoms with E-state index in [0.29, 0.717) is 28.6 Å². The van der Waals surface area contributed by atoms with E-state index in [1.807, 2.05) is 50.5 Å². The Balaban J connectivity index is 1.42. The minimum Gasteiger partial charge on any atom is -0.462 e. The number of alkyl halides is 1. The Bertz CT molecular complexity index is 1750. The van der Waals surface area contributed by atoms with Crippen LogP contribution in [0.1, 0.15) is 39.7 Å². The molecule has 1 fully saturated rings. The molecule has 0 saturated carbocycles. The van der Waals surface area contributed by atoms with Crippen molar-refractivity contribution in [3.63, 3.8) is 0 Å². The summed E-state index contributed by atoms with van der Waals surface area (Å²) in [6.07, 6.45) is -2.98. The van der Waals surface area contributed by atoms with E-state index in [-0.39, 0.29) is 12.7 Å². The molecule has 0 spiro atoms. The monoisotopic (exact) mass is 660 g/mol. The molecule has 15 heteroatoms. The summed E-state index contributed by atoms with van der Waals surface area (Å²) in [6.45, 7) is 4.17. The van der Waals surface area contributed by atoms with Gasteiger partial charge in [-0.1, -0.05) is 36.4 Å². The second-order valence-corrected chi connectivity index (χ2v) is 14.8. The molecule has 6 atom stereocenters. The molecular weight excluding hydrogens is 622 g/mol. The lowest BCUT2D eigenvalue weighted by atomic mass is 9.98. The van der Waals surface area contributed by atoms with Crippen molar-refractivity contribution >= 4 is 52.2 Å². The zero-order valence-electron chi connectivity index (χ0n) is 26.2. The number of carbonyl (C=O) groups is 1. The summed E-state index contributed by atoms with van der Waals surface area (Å²) in [6, 6.07) is 12.2. The molecule has 1 saturated heterocycles. The fourth-order valence-corrected chi connectivity index (χ4v) is 7.55. The first-order valence-electron chi connectivity index (χ1n) is 14.5. The minimum atomic E-state index is -3.54. The van der Waals surface area contributed by atoms with Gasteiger partial charge in [0.15, 0.2) is 28.9 Å². The van der Waals surface area contributed by atoms with Crippen molar-refractivity contribution in [2.75, 3.05) is 25.6 Å². The fourth-order valence-electron chi connectivity index (χ4n) is 5.13. The number of fused-ring (bicyclic) bond motifs is 2. The Morgan fingerprint density at radius 2 is 1.93 bits per heavy atom. The predicted octanol–water partition coefficient (Wildman–Crippen LogP) is 4.59. The van der Waals surface area contributed by atoms with E-state index in [1.165, 1.54) is 17.8 Å². The first kappa shape index (κ1) is 33.1. The van der Waals surface area contributed by atoms with Crippen LogP contribution >= 0.6 is 6.64 Å². The summed E-state index contributed by atoms with van der Waals surface area (Å²) in [4.78, 5) is 27.8. The summed E-state index contributed by atoms with van der Waals surface area (Å²) in [5, 5.41) is 15.8. The Labute approximate surface area is 266 Å². The largest absolute Gasteiger partial charge is 0.462 e. The van der Waals surface area contributed by atoms with E-state index in [1.54, 1.807) is 38.7 Å². The molecule has 2 aromatic heterocycles. The number of aromatic nitrogens is 4. The molecule has 0 amide bonds. The number of aliphatic hydroxyl groups excluding tert-OH is 1. The summed E-state index contributed by atoms with van der Waals surface area (Å²) in [5.41, 5.74) is -1.44. The molecule has 1 aliphatic heterocycles. The summed E-state index contributed by atoms with van der Waals surface area (Å²) in [5.74, 6) is 0.928. The van der Waals surface area contributed by atoms with Crippen molar-refractivity contribution in [2.45, 2.75) is 70.9 Å². The third kappa shape index (κ3) is 6.81. The van der Waals surface area contributed by atoms with Gasteiger partial charge in [0, 0.05) is 19.5 Å². The second-order valence-electron chi connectivity index (χ2n) is 11.6. The molecule has 0 aliphatic carbocycles. The van der Waals surface area contributed by atoms with E-state index < -0.39 is 42.8 Å². The van der Waals surface area contributed by atoms with Gasteiger partial charge in [-0.05, 0) is 57.9 Å². The van der Waals surface area contributed by atoms with Crippen molar-refractivity contribution in [3.8, 4) is 5.75 Å². The Morgan fingerprint density at radius 3 is 2.64 bits per heavy atom. The predicted molar refractivity (Wildman–Crippen MR) is 172 cm³/mol. The van der Waals surface area contributed by atoms with Gasteiger partial charge in [0.2, 0.25) is 0 Å². The summed E-state index contributed by atoms with van der Waals surface area (Å²) < 4.78 is 41.6. The Morgan fingerprint density at radius 1 is 1.22 bits per heavy atom. The maximum atomic E-state index is 16.3. The molecule has 3 heterocycles. The molecule has 45 heavy (non-hydrogen) atoms. The molecule has 1 aliphatic rings. The van der Waals surface area contributed by atoms with Crippen LogP contribution in [-0.4, -0.2) is 81.3 Å². The lowest BCUT2D eigenvalue weighted by Gasteiger charge is -2.28. The van der Waals surface area contributed by atoms with Crippen LogP contribution in [0.4, 0.5) is 10.2 Å². The topological polar surface area (TPSA) is 133 Å². The van der Waals surface area contributed by atoms with E-state index >= 15 is 4.39 Å². The van der Waals surface area contributed by atoms with Crippen LogP contribution in [0.25, 0.3) is 21.9 Å². The molecule has 4 aromatic rings. The molecule has 12 nitrogen and oxygen atoms in total. The lowest BCUT2D eigenvalue weighted by molar-refractivity contribution is -0.149. The van der Waals surface area contributed by atoms with Crippen LogP contribution < -0.4 is 14.5 Å². The zero-order chi connectivity index (χ0) is 32.7. The van der Waals surface area contributed by atoms with Crippen molar-refractivity contribution in [3.05, 3.63) is 54.6 Å². The van der Waals surface area contributed by atoms with E-state index in [0.717, 1.165) is 10.8 Å². The number of aryl methyl sites for hydroxylation is 1. The maximum Gasteiger partial charge on any atom is 0.323 e. The number of carbonyl (C=O) groups excluding carboxylic acids is 1. The number of benzene rings is 2. The fraction of sp³-hybridized carbons (Fsp3) is 0.467. The molecule has 242 valence electrons. The molecule has 0 unspecified atom stereocenters. The number of nitrogens with zero attached hydrogens (tertiary/aromatic N) is 5. The highest BCUT2D eigenvalue weighted by Crippen LogP contribution is 2.49. The van der Waals surface area contributed by atoms with Gasteiger partial charge >= 0.3 is 12.6 Å². The number of anilines is 1. The lowest BCUT2D eigenvalue weighted by Crippen LogP contribution is -2.41. The molecule has 0 bridgehead atoms. The Kier molecular flexibility index (Phi) is 9.46. The molecule has 0 radical (unpaired) electrons. The number of nitrogens with one attached hydrogen (secondary N) is 1. The normalized spacial score (nSPS) is 23.7. The number of imidazole rings is 1. The number of rotatable bonds is 11. The van der Waals surface area contributed by atoms with Gasteiger partial charge < -0.3 is 28.5 Å². The van der Waals surface area contributed by atoms with Crippen molar-refractivity contribution < 1.29 is 32.8 Å². The maximum absolute atomic E-state index is 16.3. The van der Waals surface area contributed by atoms with Crippen molar-refractivity contribution in [2.24, 2.45) is 0 Å². The highest BCUT2D eigenvalue weighted by molar-refractivity contribution is 8.09. The summed E-state index contributed by atoms with van der Waals surface area (Å²) in [7, 11) is 3.65. The summed E-state index contributed by atoms with van der Waals surface area (Å²) >= 11 is 5.89. The number of halogens is 1. The highest BCUT2D eigenvalue weighted by atomic mass is 32.5.